The van der Waals surface area contributed by atoms with Gasteiger partial charge in [-0.2, -0.15) is 0 Å². The highest BCUT2D eigenvalue weighted by molar-refractivity contribution is 7.88. The molecule has 7 heteroatoms. The Kier molecular flexibility index (Phi) is 4.26. The fourth-order valence-electron chi connectivity index (χ4n) is 2.84. The van der Waals surface area contributed by atoms with Crippen LogP contribution in [0.2, 0.25) is 0 Å². The van der Waals surface area contributed by atoms with Gasteiger partial charge in [-0.3, -0.25) is 0 Å². The van der Waals surface area contributed by atoms with E-state index < -0.39 is 10.0 Å². The first-order chi connectivity index (χ1) is 10.5. The van der Waals surface area contributed by atoms with Gasteiger partial charge in [-0.25, -0.2) is 12.7 Å². The third-order valence-electron chi connectivity index (χ3n) is 4.11. The fourth-order valence-corrected chi connectivity index (χ4v) is 4.46. The Morgan fingerprint density at radius 3 is 2.73 bits per heavy atom. The number of sulfonamides is 1. The first kappa shape index (κ1) is 15.2. The molecule has 1 atom stereocenters. The van der Waals surface area contributed by atoms with Gasteiger partial charge in [-0.1, -0.05) is 30.3 Å². The van der Waals surface area contributed by atoms with Crippen LogP contribution in [0.1, 0.15) is 17.8 Å². The molecule has 6 nitrogen and oxygen atoms in total. The molecule has 0 saturated carbocycles. The Morgan fingerprint density at radius 1 is 1.27 bits per heavy atom. The molecule has 0 aliphatic carbocycles. The lowest BCUT2D eigenvalue weighted by Crippen LogP contribution is -2.30. The molecule has 1 aliphatic heterocycles. The lowest BCUT2D eigenvalue weighted by molar-refractivity contribution is 0.451. The smallest absolute Gasteiger partial charge is 0.218 e. The molecule has 0 amide bonds. The molecule has 2 aromatic rings. The van der Waals surface area contributed by atoms with E-state index in [1.807, 2.05) is 41.9 Å². The Hall–Kier alpha value is -1.73. The largest absolute Gasteiger partial charge is 0.321 e. The van der Waals surface area contributed by atoms with E-state index in [1.165, 1.54) is 0 Å². The van der Waals surface area contributed by atoms with Gasteiger partial charge in [0.05, 0.1) is 5.75 Å². The standard InChI is InChI=1S/C15H20N4O2S/c1-18-12-16-17-15(18)9-14-7-8-19(10-14)22(20,21)11-13-5-3-2-4-6-13/h2-6,12,14H,7-11H2,1H3. The van der Waals surface area contributed by atoms with Crippen molar-refractivity contribution in [3.05, 3.63) is 48.0 Å². The molecule has 0 radical (unpaired) electrons. The molecule has 22 heavy (non-hydrogen) atoms. The van der Waals surface area contributed by atoms with Gasteiger partial charge in [0, 0.05) is 26.6 Å². The van der Waals surface area contributed by atoms with Crippen LogP contribution in [0.15, 0.2) is 36.7 Å². The van der Waals surface area contributed by atoms with Crippen LogP contribution in [0, 0.1) is 5.92 Å². The third kappa shape index (κ3) is 3.36. The highest BCUT2D eigenvalue weighted by atomic mass is 32.2. The van der Waals surface area contributed by atoms with Crippen molar-refractivity contribution < 1.29 is 8.42 Å². The minimum atomic E-state index is -3.24. The maximum atomic E-state index is 12.5. The molecular formula is C15H20N4O2S. The normalized spacial score (nSPS) is 19.6. The van der Waals surface area contributed by atoms with E-state index in [-0.39, 0.29) is 5.75 Å². The number of benzene rings is 1. The Bertz CT molecular complexity index is 727. The summed E-state index contributed by atoms with van der Waals surface area (Å²) in [5, 5.41) is 7.95. The lowest BCUT2D eigenvalue weighted by Gasteiger charge is -2.16. The number of aromatic nitrogens is 3. The van der Waals surface area contributed by atoms with Crippen molar-refractivity contribution in [1.29, 1.82) is 0 Å². The summed E-state index contributed by atoms with van der Waals surface area (Å²) in [6, 6.07) is 9.33. The Balaban J connectivity index is 1.63. The number of hydrogen-bond acceptors (Lipinski definition) is 4. The molecule has 1 aromatic heterocycles. The van der Waals surface area contributed by atoms with Crippen LogP contribution in [0.5, 0.6) is 0 Å². The van der Waals surface area contributed by atoms with Crippen LogP contribution in [-0.2, 0) is 29.2 Å². The maximum Gasteiger partial charge on any atom is 0.218 e. The SMILES string of the molecule is Cn1cnnc1CC1CCN(S(=O)(=O)Cc2ccccc2)C1. The van der Waals surface area contributed by atoms with Gasteiger partial charge >= 0.3 is 0 Å². The number of rotatable bonds is 5. The highest BCUT2D eigenvalue weighted by Crippen LogP contribution is 2.24. The minimum Gasteiger partial charge on any atom is -0.321 e. The summed E-state index contributed by atoms with van der Waals surface area (Å²) in [5.41, 5.74) is 0.833. The summed E-state index contributed by atoms with van der Waals surface area (Å²) in [6.07, 6.45) is 3.32. The zero-order valence-corrected chi connectivity index (χ0v) is 13.4. The Labute approximate surface area is 130 Å². The molecule has 0 bridgehead atoms. The molecule has 1 aliphatic rings. The Morgan fingerprint density at radius 2 is 2.05 bits per heavy atom. The summed E-state index contributed by atoms with van der Waals surface area (Å²) in [6.45, 7) is 1.17. The topological polar surface area (TPSA) is 68.1 Å². The van der Waals surface area contributed by atoms with Crippen molar-refractivity contribution in [3.8, 4) is 0 Å². The molecule has 3 rings (SSSR count). The summed E-state index contributed by atoms with van der Waals surface area (Å²) >= 11 is 0. The number of hydrogen-bond donors (Lipinski definition) is 0. The lowest BCUT2D eigenvalue weighted by atomic mass is 10.1. The monoisotopic (exact) mass is 320 g/mol. The second-order valence-corrected chi connectivity index (χ2v) is 7.79. The molecule has 0 N–H and O–H groups in total. The van der Waals surface area contributed by atoms with Crippen molar-refractivity contribution in [3.63, 3.8) is 0 Å². The average molecular weight is 320 g/mol. The van der Waals surface area contributed by atoms with Gasteiger partial charge in [0.2, 0.25) is 10.0 Å². The number of aryl methyl sites for hydroxylation is 1. The van der Waals surface area contributed by atoms with Crippen LogP contribution in [0.3, 0.4) is 0 Å². The van der Waals surface area contributed by atoms with Crippen LogP contribution in [-0.4, -0.2) is 40.6 Å². The maximum absolute atomic E-state index is 12.5. The van der Waals surface area contributed by atoms with E-state index in [9.17, 15) is 8.42 Å². The van der Waals surface area contributed by atoms with E-state index >= 15 is 0 Å². The summed E-state index contributed by atoms with van der Waals surface area (Å²) < 4.78 is 28.5. The van der Waals surface area contributed by atoms with Crippen LogP contribution in [0.25, 0.3) is 0 Å². The van der Waals surface area contributed by atoms with Gasteiger partial charge < -0.3 is 4.57 Å². The first-order valence-corrected chi connectivity index (χ1v) is 9.00. The van der Waals surface area contributed by atoms with Crippen molar-refractivity contribution in [1.82, 2.24) is 19.1 Å². The second-order valence-electron chi connectivity index (χ2n) is 5.82. The predicted molar refractivity (Wildman–Crippen MR) is 83.5 cm³/mol. The summed E-state index contributed by atoms with van der Waals surface area (Å²) in [5.74, 6) is 1.30. The molecule has 118 valence electrons. The van der Waals surface area contributed by atoms with E-state index in [1.54, 1.807) is 10.6 Å². The average Bonchev–Trinajstić information content (AvgIpc) is 3.11. The molecular weight excluding hydrogens is 300 g/mol. The van der Waals surface area contributed by atoms with Gasteiger partial charge in [0.15, 0.2) is 0 Å². The first-order valence-electron chi connectivity index (χ1n) is 7.39. The van der Waals surface area contributed by atoms with Gasteiger partial charge in [0.25, 0.3) is 0 Å². The van der Waals surface area contributed by atoms with E-state index in [4.69, 9.17) is 0 Å². The molecule has 1 aromatic carbocycles. The number of nitrogens with zero attached hydrogens (tertiary/aromatic N) is 4. The molecule has 1 unspecified atom stereocenters. The van der Waals surface area contributed by atoms with E-state index in [2.05, 4.69) is 10.2 Å². The molecule has 2 heterocycles. The van der Waals surface area contributed by atoms with Crippen LogP contribution in [0.4, 0.5) is 0 Å². The summed E-state index contributed by atoms with van der Waals surface area (Å²) in [4.78, 5) is 0. The predicted octanol–water partition coefficient (Wildman–Crippen LogP) is 1.21. The van der Waals surface area contributed by atoms with Crippen molar-refractivity contribution in [2.75, 3.05) is 13.1 Å². The highest BCUT2D eigenvalue weighted by Gasteiger charge is 2.32. The van der Waals surface area contributed by atoms with Crippen LogP contribution < -0.4 is 0 Å². The van der Waals surface area contributed by atoms with Crippen molar-refractivity contribution in [2.45, 2.75) is 18.6 Å². The van der Waals surface area contributed by atoms with Gasteiger partial charge in [-0.05, 0) is 17.9 Å². The zero-order valence-electron chi connectivity index (χ0n) is 12.6. The zero-order chi connectivity index (χ0) is 15.6. The summed E-state index contributed by atoms with van der Waals surface area (Å²) in [7, 11) is -1.33. The molecule has 1 fully saturated rings. The minimum absolute atomic E-state index is 0.0739. The van der Waals surface area contributed by atoms with Crippen LogP contribution >= 0.6 is 0 Å². The van der Waals surface area contributed by atoms with Crippen molar-refractivity contribution in [2.24, 2.45) is 13.0 Å². The quantitative estimate of drug-likeness (QED) is 0.830. The third-order valence-corrected chi connectivity index (χ3v) is 5.93. The van der Waals surface area contributed by atoms with E-state index in [0.29, 0.717) is 19.0 Å². The molecule has 1 saturated heterocycles. The van der Waals surface area contributed by atoms with E-state index in [0.717, 1.165) is 24.2 Å². The second kappa shape index (κ2) is 6.18. The van der Waals surface area contributed by atoms with Gasteiger partial charge in [-0.15, -0.1) is 10.2 Å². The van der Waals surface area contributed by atoms with Gasteiger partial charge in [0.1, 0.15) is 12.2 Å². The fraction of sp³-hybridized carbons (Fsp3) is 0.467. The molecule has 0 spiro atoms. The van der Waals surface area contributed by atoms with Crippen molar-refractivity contribution >= 4 is 10.0 Å².